The molecule has 1 aromatic heterocycles. The van der Waals surface area contributed by atoms with E-state index in [1.54, 1.807) is 31.2 Å². The Morgan fingerprint density at radius 1 is 1.42 bits per heavy atom. The lowest BCUT2D eigenvalue weighted by atomic mass is 10.1. The maximum atomic E-state index is 12.2. The van der Waals surface area contributed by atoms with Crippen molar-refractivity contribution in [1.82, 2.24) is 9.97 Å². The normalized spacial score (nSPS) is 11.4. The number of hydrogen-bond acceptors (Lipinski definition) is 7. The summed E-state index contributed by atoms with van der Waals surface area (Å²) in [5.74, 6) is -0.251. The number of nitrogen functional groups attached to an aromatic ring is 1. The van der Waals surface area contributed by atoms with Gasteiger partial charge in [0.2, 0.25) is 5.91 Å². The lowest BCUT2D eigenvalue weighted by Gasteiger charge is -2.12. The van der Waals surface area contributed by atoms with Crippen molar-refractivity contribution in [2.45, 2.75) is 24.3 Å². The number of Topliss-reactive ketones (excluding diaryl/α,β-unsaturated/α-hetero) is 1. The summed E-state index contributed by atoms with van der Waals surface area (Å²) < 4.78 is 0. The molecule has 3 N–H and O–H groups in total. The molecule has 0 fully saturated rings. The van der Waals surface area contributed by atoms with Gasteiger partial charge >= 0.3 is 0 Å². The van der Waals surface area contributed by atoms with Crippen molar-refractivity contribution in [2.75, 3.05) is 11.1 Å². The molecule has 7 nitrogen and oxygen atoms in total. The fraction of sp³-hybridized carbons (Fsp3) is 0.188. The molecule has 122 valence electrons. The Morgan fingerprint density at radius 3 is 2.79 bits per heavy atom. The zero-order chi connectivity index (χ0) is 17.7. The average Bonchev–Trinajstić information content (AvgIpc) is 2.55. The topological polar surface area (TPSA) is 122 Å². The predicted octanol–water partition coefficient (Wildman–Crippen LogP) is 2.25. The molecule has 0 radical (unpaired) electrons. The Labute approximate surface area is 143 Å². The number of nitrogens with two attached hydrogens (primary N) is 1. The molecule has 24 heavy (non-hydrogen) atoms. The summed E-state index contributed by atoms with van der Waals surface area (Å²) in [6.45, 7) is 3.17. The number of hydrogen-bond donors (Lipinski definition) is 2. The number of amides is 1. The molecule has 0 saturated heterocycles. The second-order valence-corrected chi connectivity index (χ2v) is 6.26. The number of rotatable bonds is 5. The van der Waals surface area contributed by atoms with Gasteiger partial charge in [-0.25, -0.2) is 9.97 Å². The zero-order valence-electron chi connectivity index (χ0n) is 13.1. The van der Waals surface area contributed by atoms with Gasteiger partial charge in [-0.2, -0.15) is 5.26 Å². The van der Waals surface area contributed by atoms with Crippen LogP contribution in [0.25, 0.3) is 0 Å². The van der Waals surface area contributed by atoms with Crippen molar-refractivity contribution in [2.24, 2.45) is 0 Å². The summed E-state index contributed by atoms with van der Waals surface area (Å²) in [6, 6.07) is 8.59. The first-order chi connectivity index (χ1) is 11.4. The maximum absolute atomic E-state index is 12.2. The summed E-state index contributed by atoms with van der Waals surface area (Å²) in [5, 5.41) is 11.4. The monoisotopic (exact) mass is 341 g/mol. The molecule has 8 heteroatoms. The Hall–Kier alpha value is -2.92. The molecule has 0 spiro atoms. The SMILES string of the molecule is CC(=O)c1cccc(NC(=O)C(C)Sc2ncc(C#N)c(N)n2)c1. The maximum Gasteiger partial charge on any atom is 0.237 e. The summed E-state index contributed by atoms with van der Waals surface area (Å²) in [6.07, 6.45) is 1.33. The predicted molar refractivity (Wildman–Crippen MR) is 91.6 cm³/mol. The van der Waals surface area contributed by atoms with Crippen LogP contribution < -0.4 is 11.1 Å². The second-order valence-electron chi connectivity index (χ2n) is 4.95. The third kappa shape index (κ3) is 4.30. The number of ketones is 1. The van der Waals surface area contributed by atoms with Crippen LogP contribution in [0.3, 0.4) is 0 Å². The van der Waals surface area contributed by atoms with E-state index in [1.807, 2.05) is 6.07 Å². The zero-order valence-corrected chi connectivity index (χ0v) is 13.9. The first kappa shape index (κ1) is 17.4. The largest absolute Gasteiger partial charge is 0.382 e. The number of benzene rings is 1. The highest BCUT2D eigenvalue weighted by Gasteiger charge is 2.17. The van der Waals surface area contributed by atoms with Crippen LogP contribution in [0.2, 0.25) is 0 Å². The fourth-order valence-electron chi connectivity index (χ4n) is 1.79. The molecule has 0 aliphatic rings. The van der Waals surface area contributed by atoms with Gasteiger partial charge in [0.1, 0.15) is 17.5 Å². The Balaban J connectivity index is 2.05. The van der Waals surface area contributed by atoms with Gasteiger partial charge in [0.25, 0.3) is 0 Å². The average molecular weight is 341 g/mol. The van der Waals surface area contributed by atoms with Crippen LogP contribution in [-0.2, 0) is 4.79 Å². The molecule has 1 atom stereocenters. The molecule has 0 aliphatic heterocycles. The Morgan fingerprint density at radius 2 is 2.17 bits per heavy atom. The van der Waals surface area contributed by atoms with E-state index < -0.39 is 5.25 Å². The third-order valence-corrected chi connectivity index (χ3v) is 4.08. The van der Waals surface area contributed by atoms with Gasteiger partial charge in [-0.1, -0.05) is 23.9 Å². The van der Waals surface area contributed by atoms with Gasteiger partial charge in [-0.05, 0) is 26.0 Å². The van der Waals surface area contributed by atoms with Crippen LogP contribution in [0.4, 0.5) is 11.5 Å². The lowest BCUT2D eigenvalue weighted by molar-refractivity contribution is -0.115. The quantitative estimate of drug-likeness (QED) is 0.486. The number of carbonyl (C=O) groups excluding carboxylic acids is 2. The fourth-order valence-corrected chi connectivity index (χ4v) is 2.54. The van der Waals surface area contributed by atoms with Gasteiger partial charge in [0, 0.05) is 11.3 Å². The van der Waals surface area contributed by atoms with E-state index in [0.717, 1.165) is 11.8 Å². The highest BCUT2D eigenvalue weighted by atomic mass is 32.2. The first-order valence-electron chi connectivity index (χ1n) is 7.02. The van der Waals surface area contributed by atoms with Crippen LogP contribution in [-0.4, -0.2) is 26.9 Å². The number of nitrogens with zero attached hydrogens (tertiary/aromatic N) is 3. The molecule has 2 aromatic rings. The summed E-state index contributed by atoms with van der Waals surface area (Å²) in [4.78, 5) is 31.6. The van der Waals surface area contributed by atoms with E-state index in [9.17, 15) is 9.59 Å². The number of carbonyl (C=O) groups is 2. The number of aromatic nitrogens is 2. The molecule has 1 aromatic carbocycles. The molecule has 1 unspecified atom stereocenters. The number of nitriles is 1. The molecule has 2 rings (SSSR count). The van der Waals surface area contributed by atoms with Crippen LogP contribution in [0.1, 0.15) is 29.8 Å². The molecule has 1 amide bonds. The summed E-state index contributed by atoms with van der Waals surface area (Å²) >= 11 is 1.12. The third-order valence-electron chi connectivity index (χ3n) is 3.10. The van der Waals surface area contributed by atoms with Crippen molar-refractivity contribution in [3.63, 3.8) is 0 Å². The molecule has 1 heterocycles. The molecule has 0 saturated carbocycles. The van der Waals surface area contributed by atoms with E-state index in [4.69, 9.17) is 11.0 Å². The van der Waals surface area contributed by atoms with Crippen LogP contribution in [0.5, 0.6) is 0 Å². The van der Waals surface area contributed by atoms with Gasteiger partial charge in [-0.15, -0.1) is 0 Å². The minimum absolute atomic E-state index is 0.0741. The number of anilines is 2. The smallest absolute Gasteiger partial charge is 0.237 e. The standard InChI is InChI=1S/C16H15N5O2S/c1-9(22)11-4-3-5-13(6-11)20-15(23)10(2)24-16-19-8-12(7-17)14(18)21-16/h3-6,8,10H,1-2H3,(H,20,23)(H2,18,19,21). The van der Waals surface area contributed by atoms with Crippen molar-refractivity contribution in [3.8, 4) is 6.07 Å². The molecular formula is C16H15N5O2S. The summed E-state index contributed by atoms with van der Waals surface area (Å²) in [7, 11) is 0. The van der Waals surface area contributed by atoms with Crippen molar-refractivity contribution >= 4 is 35.0 Å². The molecular weight excluding hydrogens is 326 g/mol. The Bertz CT molecular complexity index is 831. The number of nitrogens with one attached hydrogen (secondary N) is 1. The highest BCUT2D eigenvalue weighted by Crippen LogP contribution is 2.22. The van der Waals surface area contributed by atoms with E-state index >= 15 is 0 Å². The highest BCUT2D eigenvalue weighted by molar-refractivity contribution is 8.00. The second kappa shape index (κ2) is 7.57. The van der Waals surface area contributed by atoms with Gasteiger partial charge in [-0.3, -0.25) is 9.59 Å². The van der Waals surface area contributed by atoms with Crippen LogP contribution in [0, 0.1) is 11.3 Å². The molecule has 0 aliphatic carbocycles. The summed E-state index contributed by atoms with van der Waals surface area (Å²) in [5.41, 5.74) is 6.89. The van der Waals surface area contributed by atoms with Crippen molar-refractivity contribution < 1.29 is 9.59 Å². The van der Waals surface area contributed by atoms with Gasteiger partial charge < -0.3 is 11.1 Å². The lowest BCUT2D eigenvalue weighted by Crippen LogP contribution is -2.22. The van der Waals surface area contributed by atoms with E-state index in [2.05, 4.69) is 15.3 Å². The van der Waals surface area contributed by atoms with E-state index in [1.165, 1.54) is 13.1 Å². The number of thioether (sulfide) groups is 1. The van der Waals surface area contributed by atoms with Gasteiger partial charge in [0.05, 0.1) is 11.4 Å². The minimum Gasteiger partial charge on any atom is -0.382 e. The first-order valence-corrected chi connectivity index (χ1v) is 7.90. The van der Waals surface area contributed by atoms with Crippen LogP contribution >= 0.6 is 11.8 Å². The molecule has 0 bridgehead atoms. The van der Waals surface area contributed by atoms with Crippen molar-refractivity contribution in [1.29, 1.82) is 5.26 Å². The van der Waals surface area contributed by atoms with E-state index in [0.29, 0.717) is 16.4 Å². The van der Waals surface area contributed by atoms with Crippen LogP contribution in [0.15, 0.2) is 35.6 Å². The minimum atomic E-state index is -0.488. The van der Waals surface area contributed by atoms with E-state index in [-0.39, 0.29) is 23.1 Å². The van der Waals surface area contributed by atoms with Crippen molar-refractivity contribution in [3.05, 3.63) is 41.6 Å². The Kier molecular flexibility index (Phi) is 5.50. The van der Waals surface area contributed by atoms with Gasteiger partial charge in [0.15, 0.2) is 10.9 Å².